The Bertz CT molecular complexity index is 2650. The second-order valence-electron chi connectivity index (χ2n) is 17.1. The van der Waals surface area contributed by atoms with Gasteiger partial charge in [-0.25, -0.2) is 14.6 Å². The lowest BCUT2D eigenvalue weighted by molar-refractivity contribution is -0.192. The Hall–Kier alpha value is -7.47. The third-order valence-corrected chi connectivity index (χ3v) is 13.4. The van der Waals surface area contributed by atoms with E-state index in [0.29, 0.717) is 33.5 Å². The summed E-state index contributed by atoms with van der Waals surface area (Å²) in [5.41, 5.74) is 0.906. The molecule has 0 aromatic heterocycles. The van der Waals surface area contributed by atoms with E-state index in [9.17, 15) is 9.59 Å². The first-order chi connectivity index (χ1) is 31.6. The largest absolute Gasteiger partial charge is 0.451 e. The minimum absolute atomic E-state index is 0.153. The highest BCUT2D eigenvalue weighted by atomic mass is 16.6. The molecule has 0 N–H and O–H groups in total. The molecule has 6 aromatic carbocycles. The van der Waals surface area contributed by atoms with Crippen molar-refractivity contribution >= 4 is 35.3 Å². The number of amides is 3. The summed E-state index contributed by atoms with van der Waals surface area (Å²) >= 11 is 0. The molecule has 6 aromatic rings. The molecule has 0 saturated carbocycles. The Labute approximate surface area is 377 Å². The molecule has 1 spiro atoms. The minimum Gasteiger partial charge on any atom is -0.451 e. The molecule has 0 aliphatic carbocycles. The second-order valence-corrected chi connectivity index (χ2v) is 17.1. The fourth-order valence-corrected chi connectivity index (χ4v) is 10.5. The van der Waals surface area contributed by atoms with Crippen molar-refractivity contribution in [2.45, 2.75) is 55.3 Å². The number of fused-ring (bicyclic) bond motifs is 7. The number of likely N-dealkylation sites (N-methyl/N-ethyl adjacent to an activating group) is 1. The van der Waals surface area contributed by atoms with Crippen LogP contribution in [0.4, 0.5) is 5.69 Å². The monoisotopic (exact) mass is 862 g/mol. The van der Waals surface area contributed by atoms with Gasteiger partial charge in [0.25, 0.3) is 5.91 Å². The van der Waals surface area contributed by atoms with Crippen molar-refractivity contribution in [1.29, 1.82) is 0 Å². The van der Waals surface area contributed by atoms with Crippen LogP contribution in [-0.2, 0) is 45.5 Å². The van der Waals surface area contributed by atoms with Crippen molar-refractivity contribution in [3.8, 4) is 0 Å². The van der Waals surface area contributed by atoms with Gasteiger partial charge in [0.2, 0.25) is 17.4 Å². The van der Waals surface area contributed by atoms with E-state index in [4.69, 9.17) is 9.47 Å². The van der Waals surface area contributed by atoms with Gasteiger partial charge in [0.15, 0.2) is 17.7 Å². The Morgan fingerprint density at radius 2 is 1.12 bits per heavy atom. The average Bonchev–Trinajstić information content (AvgIpc) is 4.00. The normalized spacial score (nSPS) is 22.1. The second kappa shape index (κ2) is 16.3. The molecule has 324 valence electrons. The number of anilines is 1. The number of rotatable bonds is 11. The maximum absolute atomic E-state index is 16.0. The summed E-state index contributed by atoms with van der Waals surface area (Å²) in [7, 11) is 1.37. The van der Waals surface area contributed by atoms with Gasteiger partial charge in [0.05, 0.1) is 18.2 Å². The number of imide groups is 1. The van der Waals surface area contributed by atoms with Crippen molar-refractivity contribution in [2.75, 3.05) is 11.9 Å². The number of carbonyl (C=O) groups excluding carboxylic acids is 5. The van der Waals surface area contributed by atoms with Gasteiger partial charge in [-0.3, -0.25) is 19.3 Å². The summed E-state index contributed by atoms with van der Waals surface area (Å²) in [6, 6.07) is 49.3. The Morgan fingerprint density at radius 3 is 1.58 bits per heavy atom. The number of hydrazine groups is 1. The molecule has 4 atom stereocenters. The zero-order valence-corrected chi connectivity index (χ0v) is 35.9. The van der Waals surface area contributed by atoms with E-state index in [2.05, 4.69) is 6.58 Å². The fraction of sp³-hybridized carbons (Fsp3) is 0.204. The molecule has 3 amide bonds. The summed E-state index contributed by atoms with van der Waals surface area (Å²) in [5, 5.41) is 3.01. The molecule has 65 heavy (non-hydrogen) atoms. The van der Waals surface area contributed by atoms with E-state index in [-0.39, 0.29) is 13.0 Å². The summed E-state index contributed by atoms with van der Waals surface area (Å²) in [4.78, 5) is 80.6. The van der Waals surface area contributed by atoms with Gasteiger partial charge in [0, 0.05) is 25.1 Å². The molecule has 11 heteroatoms. The van der Waals surface area contributed by atoms with Crippen molar-refractivity contribution in [2.24, 2.45) is 5.92 Å². The van der Waals surface area contributed by atoms with Crippen molar-refractivity contribution in [3.63, 3.8) is 0 Å². The van der Waals surface area contributed by atoms with Crippen molar-refractivity contribution in [1.82, 2.24) is 14.9 Å². The van der Waals surface area contributed by atoms with Gasteiger partial charge >= 0.3 is 11.9 Å². The summed E-state index contributed by atoms with van der Waals surface area (Å²) in [5.74, 6) is -5.20. The fourth-order valence-electron chi connectivity index (χ4n) is 10.5. The van der Waals surface area contributed by atoms with E-state index in [1.54, 1.807) is 16.0 Å². The maximum atomic E-state index is 16.0. The minimum atomic E-state index is -2.45. The third-order valence-electron chi connectivity index (χ3n) is 13.4. The number of benzene rings is 6. The highest BCUT2D eigenvalue weighted by Crippen LogP contribution is 2.63. The van der Waals surface area contributed by atoms with Crippen molar-refractivity contribution in [3.05, 3.63) is 221 Å². The van der Waals surface area contributed by atoms with Crippen LogP contribution in [-0.4, -0.2) is 69.2 Å². The molecular formula is C54H46N4O7. The highest BCUT2D eigenvalue weighted by molar-refractivity contribution is 6.18. The summed E-state index contributed by atoms with van der Waals surface area (Å²) < 4.78 is 13.4. The number of likely N-dealkylation sites (tertiary alicyclic amines) is 1. The average molecular weight is 863 g/mol. The van der Waals surface area contributed by atoms with E-state index < -0.39 is 70.9 Å². The van der Waals surface area contributed by atoms with Crippen LogP contribution < -0.4 is 4.90 Å². The molecule has 10 rings (SSSR count). The first-order valence-electron chi connectivity index (χ1n) is 21.7. The molecule has 0 bridgehead atoms. The van der Waals surface area contributed by atoms with Crippen LogP contribution in [0.3, 0.4) is 0 Å². The number of hydrogen-bond acceptors (Lipinski definition) is 9. The van der Waals surface area contributed by atoms with Crippen LogP contribution in [0.1, 0.15) is 57.6 Å². The summed E-state index contributed by atoms with van der Waals surface area (Å²) in [6.07, 6.45) is -0.794. The van der Waals surface area contributed by atoms with Crippen LogP contribution >= 0.6 is 0 Å². The molecule has 3 fully saturated rings. The number of hydrogen-bond donors (Lipinski definition) is 0. The van der Waals surface area contributed by atoms with Crippen LogP contribution in [0.5, 0.6) is 0 Å². The van der Waals surface area contributed by atoms with E-state index in [1.165, 1.54) is 12.1 Å². The lowest BCUT2D eigenvalue weighted by Gasteiger charge is -2.41. The summed E-state index contributed by atoms with van der Waals surface area (Å²) in [6.45, 7) is 6.28. The number of esters is 2. The highest BCUT2D eigenvalue weighted by Gasteiger charge is 2.83. The number of aryl methyl sites for hydroxylation is 1. The van der Waals surface area contributed by atoms with E-state index in [0.717, 1.165) is 16.0 Å². The Kier molecular flexibility index (Phi) is 10.4. The van der Waals surface area contributed by atoms with Gasteiger partial charge in [-0.1, -0.05) is 170 Å². The van der Waals surface area contributed by atoms with Gasteiger partial charge in [-0.2, -0.15) is 5.01 Å². The predicted octanol–water partition coefficient (Wildman–Crippen LogP) is 7.62. The van der Waals surface area contributed by atoms with Gasteiger partial charge in [-0.05, 0) is 46.4 Å². The molecule has 4 aliphatic rings. The van der Waals surface area contributed by atoms with Crippen LogP contribution in [0.2, 0.25) is 0 Å². The smallest absolute Gasteiger partial charge is 0.340 e. The molecule has 0 unspecified atom stereocenters. The van der Waals surface area contributed by atoms with Gasteiger partial charge in [0.1, 0.15) is 6.04 Å². The SMILES string of the molecule is C=C[C@@H]1CC(C(=O)OC(c2ccccc2)c2ccccc2)(C(=O)OC(c2ccccc2)c2ccccc2)N2[C@@H]3C(=O)N(C)C(=O)[C@@H]3[C@@]3(C(=O)N(Cc4ccccc4)c4cc(C)ccc43)N12. The molecule has 3 saturated heterocycles. The third kappa shape index (κ3) is 6.36. The predicted molar refractivity (Wildman–Crippen MR) is 242 cm³/mol. The molecule has 4 heterocycles. The maximum Gasteiger partial charge on any atom is 0.340 e. The first kappa shape index (κ1) is 41.5. The lowest BCUT2D eigenvalue weighted by atomic mass is 9.75. The Morgan fingerprint density at radius 1 is 0.662 bits per heavy atom. The zero-order chi connectivity index (χ0) is 45.0. The molecule has 4 aliphatic heterocycles. The van der Waals surface area contributed by atoms with E-state index in [1.807, 2.05) is 177 Å². The molecule has 11 nitrogen and oxygen atoms in total. The topological polar surface area (TPSA) is 117 Å². The van der Waals surface area contributed by atoms with Crippen molar-refractivity contribution < 1.29 is 33.4 Å². The van der Waals surface area contributed by atoms with Crippen LogP contribution in [0.15, 0.2) is 183 Å². The van der Waals surface area contributed by atoms with E-state index >= 15 is 14.4 Å². The standard InChI is InChI=1S/C54H46N4O7/c1-4-41-33-53(51(62)64-46(37-22-12-6-13-23-37)38-24-14-7-15-25-38,52(63)65-47(39-26-16-8-17-27-39)40-28-18-9-19-29-40)58-45-44(48(59)55(3)49(45)60)54(57(41)58)42-31-30-35(2)32-43(42)56(50(54)61)34-36-20-10-5-11-21-36/h4-32,41,44-47H,1,33-34H2,2-3H3/t41-,44-,45+,54+/m1/s1. The molecular weight excluding hydrogens is 817 g/mol. The zero-order valence-electron chi connectivity index (χ0n) is 35.9. The number of ether oxygens (including phenoxy) is 2. The lowest BCUT2D eigenvalue weighted by Crippen LogP contribution is -2.64. The first-order valence-corrected chi connectivity index (χ1v) is 21.7. The van der Waals surface area contributed by atoms with Crippen LogP contribution in [0, 0.1) is 12.8 Å². The Balaban J connectivity index is 1.20. The number of nitrogens with zero attached hydrogens (tertiary/aromatic N) is 4. The van der Waals surface area contributed by atoms with Gasteiger partial charge in [-0.15, -0.1) is 6.58 Å². The van der Waals surface area contributed by atoms with Gasteiger partial charge < -0.3 is 14.4 Å². The quantitative estimate of drug-likeness (QED) is 0.0562. The van der Waals surface area contributed by atoms with Crippen LogP contribution in [0.25, 0.3) is 0 Å². The number of carbonyl (C=O) groups is 5. The molecule has 0 radical (unpaired) electrons.